The summed E-state index contributed by atoms with van der Waals surface area (Å²) in [4.78, 5) is 0. The first-order chi connectivity index (χ1) is 7.22. The molecule has 2 heterocycles. The van der Waals surface area contributed by atoms with E-state index < -0.39 is 0 Å². The van der Waals surface area contributed by atoms with Crippen LogP contribution in [0.15, 0.2) is 12.4 Å². The second kappa shape index (κ2) is 3.82. The average Bonchev–Trinajstić information content (AvgIpc) is 2.76. The molecule has 0 unspecified atom stereocenters. The van der Waals surface area contributed by atoms with E-state index in [1.54, 1.807) is 10.9 Å². The largest absolute Gasteiger partial charge is 0.329 e. The van der Waals surface area contributed by atoms with Crippen molar-refractivity contribution >= 4 is 0 Å². The van der Waals surface area contributed by atoms with Crippen LogP contribution in [0.1, 0.15) is 5.82 Å². The molecule has 0 aliphatic carbocycles. The van der Waals surface area contributed by atoms with Gasteiger partial charge in [-0.15, -0.1) is 10.2 Å². The van der Waals surface area contributed by atoms with Crippen LogP contribution in [0.5, 0.6) is 0 Å². The number of hydrogen-bond donors (Lipinski definition) is 1. The lowest BCUT2D eigenvalue weighted by molar-refractivity contribution is 0.689. The van der Waals surface area contributed by atoms with Gasteiger partial charge in [-0.25, -0.2) is 0 Å². The third-order valence-electron chi connectivity index (χ3n) is 2.25. The number of aromatic nitrogens is 5. The van der Waals surface area contributed by atoms with Crippen molar-refractivity contribution in [2.24, 2.45) is 12.8 Å². The molecular formula is C9H14N6. The van der Waals surface area contributed by atoms with Gasteiger partial charge in [0.25, 0.3) is 0 Å². The molecule has 0 aromatic carbocycles. The molecule has 6 heteroatoms. The maximum absolute atomic E-state index is 5.54. The predicted molar refractivity (Wildman–Crippen MR) is 56.0 cm³/mol. The topological polar surface area (TPSA) is 74.5 Å². The molecule has 0 saturated heterocycles. The number of aryl methyl sites for hydroxylation is 2. The molecule has 2 aromatic rings. The first-order valence-corrected chi connectivity index (χ1v) is 4.81. The molecule has 0 radical (unpaired) electrons. The van der Waals surface area contributed by atoms with E-state index in [0.29, 0.717) is 6.54 Å². The van der Waals surface area contributed by atoms with Gasteiger partial charge in [0.2, 0.25) is 0 Å². The molecule has 6 nitrogen and oxygen atoms in total. The fraction of sp³-hybridized carbons (Fsp3) is 0.444. The summed E-state index contributed by atoms with van der Waals surface area (Å²) in [5.74, 6) is 1.70. The van der Waals surface area contributed by atoms with Crippen LogP contribution in [0.4, 0.5) is 0 Å². The van der Waals surface area contributed by atoms with Gasteiger partial charge in [0.1, 0.15) is 5.82 Å². The summed E-state index contributed by atoms with van der Waals surface area (Å²) >= 11 is 0. The van der Waals surface area contributed by atoms with Crippen molar-refractivity contribution in [3.05, 3.63) is 18.2 Å². The molecule has 0 amide bonds. The number of nitrogens with two attached hydrogens (primary N) is 1. The number of rotatable bonds is 3. The van der Waals surface area contributed by atoms with Crippen LogP contribution in [0.3, 0.4) is 0 Å². The van der Waals surface area contributed by atoms with Crippen LogP contribution in [-0.4, -0.2) is 31.1 Å². The first-order valence-electron chi connectivity index (χ1n) is 4.81. The van der Waals surface area contributed by atoms with E-state index in [2.05, 4.69) is 15.3 Å². The Balaban J connectivity index is 2.43. The summed E-state index contributed by atoms with van der Waals surface area (Å²) in [6, 6.07) is 0. The molecule has 0 bridgehead atoms. The fourth-order valence-corrected chi connectivity index (χ4v) is 1.53. The SMILES string of the molecule is Cc1nnc(-c2cnn(C)c2)n1CCN. The lowest BCUT2D eigenvalue weighted by atomic mass is 10.3. The highest BCUT2D eigenvalue weighted by Crippen LogP contribution is 2.16. The molecule has 0 aliphatic heterocycles. The third-order valence-corrected chi connectivity index (χ3v) is 2.25. The second-order valence-corrected chi connectivity index (χ2v) is 3.41. The Labute approximate surface area is 87.7 Å². The Bertz CT molecular complexity index is 455. The van der Waals surface area contributed by atoms with Crippen LogP contribution >= 0.6 is 0 Å². The van der Waals surface area contributed by atoms with Gasteiger partial charge >= 0.3 is 0 Å². The minimum atomic E-state index is 0.576. The van der Waals surface area contributed by atoms with E-state index in [9.17, 15) is 0 Å². The molecule has 2 aromatic heterocycles. The van der Waals surface area contributed by atoms with Gasteiger partial charge in [-0.1, -0.05) is 0 Å². The van der Waals surface area contributed by atoms with E-state index in [1.165, 1.54) is 0 Å². The smallest absolute Gasteiger partial charge is 0.167 e. The first kappa shape index (κ1) is 9.85. The van der Waals surface area contributed by atoms with E-state index in [1.807, 2.05) is 24.7 Å². The zero-order valence-electron chi connectivity index (χ0n) is 8.88. The van der Waals surface area contributed by atoms with Crippen LogP contribution < -0.4 is 5.73 Å². The van der Waals surface area contributed by atoms with Gasteiger partial charge in [0.05, 0.1) is 11.8 Å². The Morgan fingerprint density at radius 3 is 2.80 bits per heavy atom. The Hall–Kier alpha value is -1.69. The van der Waals surface area contributed by atoms with Gasteiger partial charge in [0.15, 0.2) is 5.82 Å². The molecule has 0 fully saturated rings. The van der Waals surface area contributed by atoms with Crippen molar-refractivity contribution in [1.82, 2.24) is 24.5 Å². The van der Waals surface area contributed by atoms with Crippen molar-refractivity contribution in [1.29, 1.82) is 0 Å². The van der Waals surface area contributed by atoms with Crippen molar-refractivity contribution in [3.63, 3.8) is 0 Å². The molecule has 80 valence electrons. The van der Waals surface area contributed by atoms with Gasteiger partial charge < -0.3 is 10.3 Å². The Kier molecular flexibility index (Phi) is 2.51. The lowest BCUT2D eigenvalue weighted by Gasteiger charge is -2.04. The monoisotopic (exact) mass is 206 g/mol. The highest BCUT2D eigenvalue weighted by Gasteiger charge is 2.11. The summed E-state index contributed by atoms with van der Waals surface area (Å²) < 4.78 is 3.74. The summed E-state index contributed by atoms with van der Waals surface area (Å²) in [6.07, 6.45) is 3.69. The highest BCUT2D eigenvalue weighted by atomic mass is 15.3. The van der Waals surface area contributed by atoms with E-state index >= 15 is 0 Å². The molecule has 0 saturated carbocycles. The molecular weight excluding hydrogens is 192 g/mol. The van der Waals surface area contributed by atoms with E-state index in [4.69, 9.17) is 5.73 Å². The normalized spacial score (nSPS) is 10.9. The van der Waals surface area contributed by atoms with E-state index in [0.717, 1.165) is 23.8 Å². The number of hydrogen-bond acceptors (Lipinski definition) is 4. The fourth-order valence-electron chi connectivity index (χ4n) is 1.53. The molecule has 0 atom stereocenters. The van der Waals surface area contributed by atoms with Crippen molar-refractivity contribution < 1.29 is 0 Å². The minimum Gasteiger partial charge on any atom is -0.329 e. The van der Waals surface area contributed by atoms with Crippen LogP contribution in [0, 0.1) is 6.92 Å². The van der Waals surface area contributed by atoms with Gasteiger partial charge in [-0.2, -0.15) is 5.10 Å². The summed E-state index contributed by atoms with van der Waals surface area (Å²) in [5.41, 5.74) is 6.51. The third kappa shape index (κ3) is 1.75. The standard InChI is InChI=1S/C9H14N6/c1-7-12-13-9(15(7)4-3-10)8-5-11-14(2)6-8/h5-6H,3-4,10H2,1-2H3. The summed E-state index contributed by atoms with van der Waals surface area (Å²) in [7, 11) is 1.87. The second-order valence-electron chi connectivity index (χ2n) is 3.41. The van der Waals surface area contributed by atoms with Crippen molar-refractivity contribution in [2.75, 3.05) is 6.54 Å². The minimum absolute atomic E-state index is 0.576. The molecule has 0 aliphatic rings. The Morgan fingerprint density at radius 1 is 1.40 bits per heavy atom. The Morgan fingerprint density at radius 2 is 2.20 bits per heavy atom. The van der Waals surface area contributed by atoms with Crippen LogP contribution in [-0.2, 0) is 13.6 Å². The summed E-state index contributed by atoms with van der Waals surface area (Å²) in [5, 5.41) is 12.3. The quantitative estimate of drug-likeness (QED) is 0.763. The average molecular weight is 206 g/mol. The van der Waals surface area contributed by atoms with Crippen molar-refractivity contribution in [3.8, 4) is 11.4 Å². The van der Waals surface area contributed by atoms with Crippen LogP contribution in [0.25, 0.3) is 11.4 Å². The highest BCUT2D eigenvalue weighted by molar-refractivity contribution is 5.52. The van der Waals surface area contributed by atoms with E-state index in [-0.39, 0.29) is 0 Å². The maximum atomic E-state index is 5.54. The summed E-state index contributed by atoms with van der Waals surface area (Å²) in [6.45, 7) is 3.22. The molecule has 2 rings (SSSR count). The van der Waals surface area contributed by atoms with Gasteiger partial charge in [-0.05, 0) is 6.92 Å². The molecule has 2 N–H and O–H groups in total. The van der Waals surface area contributed by atoms with Crippen LogP contribution in [0.2, 0.25) is 0 Å². The molecule has 0 spiro atoms. The zero-order valence-corrected chi connectivity index (χ0v) is 8.88. The van der Waals surface area contributed by atoms with Crippen molar-refractivity contribution in [2.45, 2.75) is 13.5 Å². The molecule has 15 heavy (non-hydrogen) atoms. The predicted octanol–water partition coefficient (Wildman–Crippen LogP) is -0.0543. The lowest BCUT2D eigenvalue weighted by Crippen LogP contribution is -2.12. The van der Waals surface area contributed by atoms with Gasteiger partial charge in [0, 0.05) is 26.3 Å². The number of nitrogens with zero attached hydrogens (tertiary/aromatic N) is 5. The maximum Gasteiger partial charge on any atom is 0.167 e. The van der Waals surface area contributed by atoms with Gasteiger partial charge in [-0.3, -0.25) is 4.68 Å². The zero-order chi connectivity index (χ0) is 10.8.